The Morgan fingerprint density at radius 2 is 1.30 bits per heavy atom. The fourth-order valence-corrected chi connectivity index (χ4v) is 7.38. The van der Waals surface area contributed by atoms with Gasteiger partial charge in [0.05, 0.1) is 22.8 Å². The van der Waals surface area contributed by atoms with Gasteiger partial charge in [0, 0.05) is 33.7 Å². The third kappa shape index (κ3) is 3.20. The van der Waals surface area contributed by atoms with Gasteiger partial charge in [0.25, 0.3) is 0 Å². The van der Waals surface area contributed by atoms with Crippen LogP contribution in [0.1, 0.15) is 11.7 Å². The van der Waals surface area contributed by atoms with Gasteiger partial charge in [0.15, 0.2) is 0 Å². The summed E-state index contributed by atoms with van der Waals surface area (Å²) in [5, 5.41) is 8.57. The average Bonchev–Trinajstić information content (AvgIpc) is 3.67. The molecule has 0 bridgehead atoms. The van der Waals surface area contributed by atoms with Crippen LogP contribution in [0.4, 0.5) is 17.1 Å². The van der Waals surface area contributed by atoms with E-state index in [2.05, 4.69) is 125 Å². The number of anilines is 3. The zero-order valence-electron chi connectivity index (χ0n) is 23.7. The number of rotatable bonds is 2. The van der Waals surface area contributed by atoms with Crippen molar-refractivity contribution in [3.05, 3.63) is 145 Å². The van der Waals surface area contributed by atoms with E-state index < -0.39 is 0 Å². The molecular formula is C40H25N3O. The first kappa shape index (κ1) is 23.7. The molecule has 4 heterocycles. The van der Waals surface area contributed by atoms with Crippen molar-refractivity contribution in [3.63, 3.8) is 0 Å². The van der Waals surface area contributed by atoms with Crippen molar-refractivity contribution in [1.82, 2.24) is 4.98 Å². The molecule has 1 atom stereocenters. The third-order valence-corrected chi connectivity index (χ3v) is 9.26. The first-order valence-corrected chi connectivity index (χ1v) is 15.0. The Balaban J connectivity index is 1.21. The summed E-state index contributed by atoms with van der Waals surface area (Å²) in [4.78, 5) is 7.38. The molecule has 4 nitrogen and oxygen atoms in total. The number of para-hydroxylation sites is 4. The number of nitrogens with one attached hydrogen (secondary N) is 1. The monoisotopic (exact) mass is 563 g/mol. The van der Waals surface area contributed by atoms with Gasteiger partial charge in [-0.3, -0.25) is 4.98 Å². The summed E-state index contributed by atoms with van der Waals surface area (Å²) in [6.07, 6.45) is 1.89. The minimum atomic E-state index is -0.0185. The van der Waals surface area contributed by atoms with E-state index in [0.29, 0.717) is 0 Å². The molecule has 2 aromatic heterocycles. The van der Waals surface area contributed by atoms with Gasteiger partial charge in [-0.05, 0) is 69.9 Å². The Labute approximate surface area is 253 Å². The second kappa shape index (κ2) is 8.82. The lowest BCUT2D eigenvalue weighted by atomic mass is 9.85. The predicted molar refractivity (Wildman–Crippen MR) is 180 cm³/mol. The molecule has 206 valence electrons. The molecule has 0 amide bonds. The molecule has 10 rings (SSSR count). The topological polar surface area (TPSA) is 41.3 Å². The zero-order chi connectivity index (χ0) is 28.8. The van der Waals surface area contributed by atoms with Crippen LogP contribution in [0.25, 0.3) is 66.2 Å². The van der Waals surface area contributed by atoms with Gasteiger partial charge in [-0.2, -0.15) is 0 Å². The highest BCUT2D eigenvalue weighted by Crippen LogP contribution is 2.55. The van der Waals surface area contributed by atoms with E-state index in [1.54, 1.807) is 0 Å². The lowest BCUT2D eigenvalue weighted by molar-refractivity contribution is 0.670. The van der Waals surface area contributed by atoms with Gasteiger partial charge < -0.3 is 14.6 Å². The maximum Gasteiger partial charge on any atom is 0.143 e. The number of hydrogen-bond donors (Lipinski definition) is 1. The zero-order valence-corrected chi connectivity index (χ0v) is 23.7. The number of benzene rings is 6. The summed E-state index contributed by atoms with van der Waals surface area (Å²) in [5.74, 6) is 0. The highest BCUT2D eigenvalue weighted by atomic mass is 16.3. The molecule has 6 aromatic carbocycles. The van der Waals surface area contributed by atoms with E-state index in [-0.39, 0.29) is 6.17 Å². The number of pyridine rings is 1. The first-order chi connectivity index (χ1) is 21.8. The molecular weight excluding hydrogens is 538 g/mol. The van der Waals surface area contributed by atoms with Crippen molar-refractivity contribution in [2.45, 2.75) is 6.17 Å². The summed E-state index contributed by atoms with van der Waals surface area (Å²) in [6, 6.07) is 47.5. The van der Waals surface area contributed by atoms with Crippen molar-refractivity contribution in [2.24, 2.45) is 0 Å². The number of aromatic nitrogens is 1. The Kier molecular flexibility index (Phi) is 4.74. The minimum absolute atomic E-state index is 0.0185. The van der Waals surface area contributed by atoms with Crippen LogP contribution in [-0.2, 0) is 0 Å². The molecule has 2 aliphatic rings. The van der Waals surface area contributed by atoms with Crippen molar-refractivity contribution in [1.29, 1.82) is 0 Å². The highest BCUT2D eigenvalue weighted by Gasteiger charge is 2.39. The lowest BCUT2D eigenvalue weighted by Gasteiger charge is -2.35. The highest BCUT2D eigenvalue weighted by molar-refractivity contribution is 6.10. The quantitative estimate of drug-likeness (QED) is 0.227. The molecule has 1 N–H and O–H groups in total. The number of fused-ring (bicyclic) bond motifs is 13. The normalized spacial score (nSPS) is 14.7. The van der Waals surface area contributed by atoms with Gasteiger partial charge in [-0.1, -0.05) is 91.0 Å². The minimum Gasteiger partial charge on any atom is -0.455 e. The van der Waals surface area contributed by atoms with E-state index in [4.69, 9.17) is 9.40 Å². The van der Waals surface area contributed by atoms with Crippen molar-refractivity contribution >= 4 is 49.8 Å². The number of nitrogens with zero attached hydrogens (tertiary/aromatic N) is 2. The van der Waals surface area contributed by atoms with Crippen molar-refractivity contribution < 1.29 is 4.42 Å². The van der Waals surface area contributed by atoms with Gasteiger partial charge >= 0.3 is 0 Å². The molecule has 2 aliphatic heterocycles. The van der Waals surface area contributed by atoms with Crippen LogP contribution in [0.5, 0.6) is 0 Å². The van der Waals surface area contributed by atoms with Crippen LogP contribution in [-0.4, -0.2) is 4.98 Å². The standard InChI is InChI=1S/C40H25N3O/c1-2-14-29-27(12-1)31(23-32-37(29)40-42-33-17-4-5-18-34(33)43(40)35-19-9-21-41-38(32)35)25-11-7-10-24(22-25)26-15-8-16-30-28-13-3-6-20-36(28)44-39(26)30/h1-23,40,42H. The summed E-state index contributed by atoms with van der Waals surface area (Å²) in [6.45, 7) is 0. The van der Waals surface area contributed by atoms with Crippen LogP contribution in [0.2, 0.25) is 0 Å². The second-order valence-corrected chi connectivity index (χ2v) is 11.6. The van der Waals surface area contributed by atoms with Crippen LogP contribution >= 0.6 is 0 Å². The van der Waals surface area contributed by atoms with E-state index in [1.165, 1.54) is 33.2 Å². The molecule has 44 heavy (non-hydrogen) atoms. The summed E-state index contributed by atoms with van der Waals surface area (Å²) >= 11 is 0. The van der Waals surface area contributed by atoms with Gasteiger partial charge in [0.1, 0.15) is 17.3 Å². The molecule has 0 saturated heterocycles. The van der Waals surface area contributed by atoms with Crippen LogP contribution in [0.3, 0.4) is 0 Å². The van der Waals surface area contributed by atoms with E-state index in [9.17, 15) is 0 Å². The summed E-state index contributed by atoms with van der Waals surface area (Å²) < 4.78 is 6.41. The van der Waals surface area contributed by atoms with Gasteiger partial charge in [0.2, 0.25) is 0 Å². The molecule has 8 aromatic rings. The van der Waals surface area contributed by atoms with E-state index in [0.717, 1.165) is 55.7 Å². The van der Waals surface area contributed by atoms with Crippen LogP contribution in [0, 0.1) is 0 Å². The van der Waals surface area contributed by atoms with Crippen LogP contribution in [0.15, 0.2) is 144 Å². The summed E-state index contributed by atoms with van der Waals surface area (Å²) in [7, 11) is 0. The predicted octanol–water partition coefficient (Wildman–Crippen LogP) is 10.7. The van der Waals surface area contributed by atoms with E-state index >= 15 is 0 Å². The van der Waals surface area contributed by atoms with Gasteiger partial charge in [-0.15, -0.1) is 0 Å². The second-order valence-electron chi connectivity index (χ2n) is 11.6. The maximum absolute atomic E-state index is 6.41. The van der Waals surface area contributed by atoms with E-state index in [1.807, 2.05) is 24.4 Å². The maximum atomic E-state index is 6.41. The number of furan rings is 1. The summed E-state index contributed by atoms with van der Waals surface area (Å²) in [5.41, 5.74) is 13.3. The molecule has 0 radical (unpaired) electrons. The lowest BCUT2D eigenvalue weighted by Crippen LogP contribution is -2.28. The smallest absolute Gasteiger partial charge is 0.143 e. The first-order valence-electron chi connectivity index (χ1n) is 15.0. The number of hydrogen-bond acceptors (Lipinski definition) is 4. The molecule has 1 unspecified atom stereocenters. The largest absolute Gasteiger partial charge is 0.455 e. The molecule has 4 heteroatoms. The molecule has 0 fully saturated rings. The fourth-order valence-electron chi connectivity index (χ4n) is 7.38. The Morgan fingerprint density at radius 3 is 2.23 bits per heavy atom. The fraction of sp³-hybridized carbons (Fsp3) is 0.0250. The Hall–Kier alpha value is -5.87. The van der Waals surface area contributed by atoms with Crippen molar-refractivity contribution in [3.8, 4) is 33.5 Å². The SMILES string of the molecule is c1cc(-c2cc3c(c4ccccc24)C2Nc4ccccc4N2c2cccnc2-3)cc(-c2cccc3c2oc2ccccc23)c1. The average molecular weight is 564 g/mol. The Morgan fingerprint density at radius 1 is 0.568 bits per heavy atom. The molecule has 0 aliphatic carbocycles. The molecule has 0 saturated carbocycles. The Bertz CT molecular complexity index is 2460. The van der Waals surface area contributed by atoms with Crippen molar-refractivity contribution in [2.75, 3.05) is 10.2 Å². The third-order valence-electron chi connectivity index (χ3n) is 9.26. The molecule has 0 spiro atoms. The van der Waals surface area contributed by atoms with Crippen LogP contribution < -0.4 is 10.2 Å². The van der Waals surface area contributed by atoms with Gasteiger partial charge in [-0.25, -0.2) is 0 Å².